The van der Waals surface area contributed by atoms with Crippen molar-refractivity contribution in [3.05, 3.63) is 34.9 Å². The summed E-state index contributed by atoms with van der Waals surface area (Å²) >= 11 is 0. The first-order valence-corrected chi connectivity index (χ1v) is 7.68. The zero-order valence-electron chi connectivity index (χ0n) is 15.1. The normalized spacial score (nSPS) is 13.8. The van der Waals surface area contributed by atoms with E-state index in [1.807, 2.05) is 0 Å². The van der Waals surface area contributed by atoms with E-state index in [4.69, 9.17) is 14.2 Å². The fourth-order valence-corrected chi connectivity index (χ4v) is 2.04. The first-order valence-electron chi connectivity index (χ1n) is 7.68. The number of methoxy groups -OCH3 is 1. The summed E-state index contributed by atoms with van der Waals surface area (Å²) in [5, 5.41) is 21.0. The maximum Gasteiger partial charge on any atom is 0.333 e. The molecule has 0 radical (unpaired) electrons. The summed E-state index contributed by atoms with van der Waals surface area (Å²) in [4.78, 5) is 23.0. The van der Waals surface area contributed by atoms with E-state index in [9.17, 15) is 19.8 Å². The molecule has 2 N–H and O–H groups in total. The van der Waals surface area contributed by atoms with Crippen LogP contribution in [0.2, 0.25) is 0 Å². The predicted octanol–water partition coefficient (Wildman–Crippen LogP) is 1.97. The SMILES string of the molecule is CC=C(C)C(=O)OC[C@](O)(COC(C)=O)c1cc(O)c(C)cc1OC. The maximum absolute atomic E-state index is 11.9. The van der Waals surface area contributed by atoms with E-state index in [0.717, 1.165) is 0 Å². The molecule has 0 aliphatic heterocycles. The molecule has 1 aromatic rings. The number of hydrogen-bond donors (Lipinski definition) is 2. The lowest BCUT2D eigenvalue weighted by Crippen LogP contribution is -2.39. The fraction of sp³-hybridized carbons (Fsp3) is 0.444. The van der Waals surface area contributed by atoms with Crippen molar-refractivity contribution in [2.75, 3.05) is 20.3 Å². The summed E-state index contributed by atoms with van der Waals surface area (Å²) in [5.74, 6) is -1.03. The average Bonchev–Trinajstić information content (AvgIpc) is 2.58. The molecule has 0 saturated heterocycles. The topological polar surface area (TPSA) is 102 Å². The van der Waals surface area contributed by atoms with Gasteiger partial charge in [0.15, 0.2) is 5.60 Å². The Hall–Kier alpha value is -2.54. The van der Waals surface area contributed by atoms with Gasteiger partial charge in [0.05, 0.1) is 7.11 Å². The lowest BCUT2D eigenvalue weighted by atomic mass is 9.93. The molecule has 7 nitrogen and oxygen atoms in total. The highest BCUT2D eigenvalue weighted by Gasteiger charge is 2.36. The molecule has 1 rings (SSSR count). The van der Waals surface area contributed by atoms with Gasteiger partial charge < -0.3 is 24.4 Å². The van der Waals surface area contributed by atoms with Gasteiger partial charge in [0.1, 0.15) is 24.7 Å². The van der Waals surface area contributed by atoms with Crippen molar-refractivity contribution in [3.63, 3.8) is 0 Å². The van der Waals surface area contributed by atoms with Crippen molar-refractivity contribution in [3.8, 4) is 11.5 Å². The molecular formula is C18H24O7. The van der Waals surface area contributed by atoms with Crippen molar-refractivity contribution >= 4 is 11.9 Å². The average molecular weight is 352 g/mol. The van der Waals surface area contributed by atoms with Crippen LogP contribution in [0.5, 0.6) is 11.5 Å². The van der Waals surface area contributed by atoms with Crippen molar-refractivity contribution in [1.82, 2.24) is 0 Å². The molecular weight excluding hydrogens is 328 g/mol. The number of carbonyl (C=O) groups is 2. The van der Waals surface area contributed by atoms with E-state index in [2.05, 4.69) is 0 Å². The minimum Gasteiger partial charge on any atom is -0.508 e. The number of allylic oxidation sites excluding steroid dienone is 1. The van der Waals surface area contributed by atoms with Crippen molar-refractivity contribution < 1.29 is 34.0 Å². The van der Waals surface area contributed by atoms with Gasteiger partial charge in [-0.2, -0.15) is 0 Å². The Morgan fingerprint density at radius 3 is 2.32 bits per heavy atom. The molecule has 0 bridgehead atoms. The summed E-state index contributed by atoms with van der Waals surface area (Å²) in [6, 6.07) is 2.83. The van der Waals surface area contributed by atoms with Gasteiger partial charge >= 0.3 is 11.9 Å². The number of rotatable bonds is 7. The third-order valence-corrected chi connectivity index (χ3v) is 3.73. The molecule has 0 unspecified atom stereocenters. The standard InChI is InChI=1S/C18H24O7/c1-6-11(2)17(21)25-10-18(22,9-24-13(4)19)14-8-15(20)12(3)7-16(14)23-5/h6-8,20,22H,9-10H2,1-5H3/t18-/m1/s1. The van der Waals surface area contributed by atoms with Gasteiger partial charge in [-0.3, -0.25) is 4.79 Å². The van der Waals surface area contributed by atoms with Crippen LogP contribution in [0.15, 0.2) is 23.8 Å². The number of aliphatic hydroxyl groups is 1. The molecule has 0 heterocycles. The van der Waals surface area contributed by atoms with Gasteiger partial charge in [-0.15, -0.1) is 0 Å². The molecule has 0 saturated carbocycles. The number of hydrogen-bond acceptors (Lipinski definition) is 7. The minimum absolute atomic E-state index is 0.0759. The summed E-state index contributed by atoms with van der Waals surface area (Å²) in [6.45, 7) is 5.17. The largest absolute Gasteiger partial charge is 0.508 e. The molecule has 1 atom stereocenters. The van der Waals surface area contributed by atoms with Crippen LogP contribution in [0.25, 0.3) is 0 Å². The van der Waals surface area contributed by atoms with Crippen molar-refractivity contribution in [1.29, 1.82) is 0 Å². The van der Waals surface area contributed by atoms with Crippen LogP contribution in [-0.4, -0.2) is 42.5 Å². The molecule has 0 aliphatic carbocycles. The highest BCUT2D eigenvalue weighted by molar-refractivity contribution is 5.87. The molecule has 0 fully saturated rings. The zero-order chi connectivity index (χ0) is 19.2. The number of esters is 2. The molecule has 7 heteroatoms. The zero-order valence-corrected chi connectivity index (χ0v) is 15.1. The van der Waals surface area contributed by atoms with Crippen LogP contribution in [-0.2, 0) is 24.7 Å². The van der Waals surface area contributed by atoms with Crippen molar-refractivity contribution in [2.45, 2.75) is 33.3 Å². The Bertz CT molecular complexity index is 678. The van der Waals surface area contributed by atoms with Crippen LogP contribution in [0.3, 0.4) is 0 Å². The van der Waals surface area contributed by atoms with Gasteiger partial charge in [-0.05, 0) is 38.5 Å². The number of aromatic hydroxyl groups is 1. The van der Waals surface area contributed by atoms with Crippen LogP contribution in [0, 0.1) is 6.92 Å². The molecule has 25 heavy (non-hydrogen) atoms. The molecule has 0 amide bonds. The highest BCUT2D eigenvalue weighted by atomic mass is 16.6. The van der Waals surface area contributed by atoms with E-state index in [0.29, 0.717) is 11.1 Å². The number of carbonyl (C=O) groups excluding carboxylic acids is 2. The van der Waals surface area contributed by atoms with Crippen LogP contribution in [0.1, 0.15) is 31.9 Å². The molecule has 0 aliphatic rings. The van der Waals surface area contributed by atoms with Crippen LogP contribution >= 0.6 is 0 Å². The second-order valence-electron chi connectivity index (χ2n) is 5.70. The second kappa shape index (κ2) is 8.53. The monoisotopic (exact) mass is 352 g/mol. The van der Waals surface area contributed by atoms with Crippen LogP contribution < -0.4 is 4.74 Å². The van der Waals surface area contributed by atoms with Gasteiger partial charge in [-0.1, -0.05) is 6.08 Å². The molecule has 1 aromatic carbocycles. The molecule has 0 spiro atoms. The minimum atomic E-state index is -1.88. The van der Waals surface area contributed by atoms with E-state index in [-0.39, 0.29) is 17.1 Å². The summed E-state index contributed by atoms with van der Waals surface area (Å²) < 4.78 is 15.3. The quantitative estimate of drug-likeness (QED) is 0.571. The Morgan fingerprint density at radius 1 is 1.20 bits per heavy atom. The first-order chi connectivity index (χ1) is 11.6. The second-order valence-corrected chi connectivity index (χ2v) is 5.70. The predicted molar refractivity (Wildman–Crippen MR) is 90.3 cm³/mol. The maximum atomic E-state index is 11.9. The van der Waals surface area contributed by atoms with Gasteiger partial charge in [0, 0.05) is 18.1 Å². The number of ether oxygens (including phenoxy) is 3. The number of aryl methyl sites for hydroxylation is 1. The van der Waals surface area contributed by atoms with Crippen molar-refractivity contribution in [2.24, 2.45) is 0 Å². The third kappa shape index (κ3) is 5.22. The van der Waals surface area contributed by atoms with E-state index in [1.165, 1.54) is 26.2 Å². The van der Waals surface area contributed by atoms with E-state index < -0.39 is 30.8 Å². The van der Waals surface area contributed by atoms with Gasteiger partial charge in [0.25, 0.3) is 0 Å². The van der Waals surface area contributed by atoms with E-state index >= 15 is 0 Å². The first kappa shape index (κ1) is 20.5. The van der Waals surface area contributed by atoms with Gasteiger partial charge in [0.2, 0.25) is 0 Å². The Balaban J connectivity index is 3.25. The van der Waals surface area contributed by atoms with Crippen LogP contribution in [0.4, 0.5) is 0 Å². The summed E-state index contributed by atoms with van der Waals surface area (Å²) in [7, 11) is 1.40. The fourth-order valence-electron chi connectivity index (χ4n) is 2.04. The number of phenolic OH excluding ortho intramolecular Hbond substituents is 1. The lowest BCUT2D eigenvalue weighted by molar-refractivity contribution is -0.160. The molecule has 138 valence electrons. The van der Waals surface area contributed by atoms with E-state index in [1.54, 1.807) is 26.8 Å². The summed E-state index contributed by atoms with van der Waals surface area (Å²) in [6.07, 6.45) is 1.58. The Labute approximate surface area is 146 Å². The third-order valence-electron chi connectivity index (χ3n) is 3.73. The smallest absolute Gasteiger partial charge is 0.333 e. The summed E-state index contributed by atoms with van der Waals surface area (Å²) in [5.41, 5.74) is -0.831. The Kier molecular flexibility index (Phi) is 6.99. The van der Waals surface area contributed by atoms with Gasteiger partial charge in [-0.25, -0.2) is 4.79 Å². The highest BCUT2D eigenvalue weighted by Crippen LogP contribution is 2.36. The lowest BCUT2D eigenvalue weighted by Gasteiger charge is -2.29. The number of benzene rings is 1. The molecule has 0 aromatic heterocycles. The number of phenols is 1. The Morgan fingerprint density at radius 2 is 1.80 bits per heavy atom.